The largest absolute Gasteiger partial charge is 0.872 e. The molecule has 1 aromatic heterocycles. The van der Waals surface area contributed by atoms with Gasteiger partial charge in [0.2, 0.25) is 0 Å². The van der Waals surface area contributed by atoms with Gasteiger partial charge in [-0.15, -0.1) is 0 Å². The van der Waals surface area contributed by atoms with E-state index in [0.717, 1.165) is 29.6 Å². The van der Waals surface area contributed by atoms with Gasteiger partial charge in [-0.3, -0.25) is 5.73 Å². The number of nitrogens with two attached hydrogens (primary N) is 1. The van der Waals surface area contributed by atoms with Gasteiger partial charge >= 0.3 is 5.97 Å². The van der Waals surface area contributed by atoms with Gasteiger partial charge in [0.25, 0.3) is 5.82 Å². The van der Waals surface area contributed by atoms with Crippen LogP contribution in [0.5, 0.6) is 11.5 Å². The molecule has 1 heterocycles. The van der Waals surface area contributed by atoms with Crippen molar-refractivity contribution in [1.82, 2.24) is 0 Å². The number of carboxylic acids is 1. The van der Waals surface area contributed by atoms with E-state index in [9.17, 15) is 9.90 Å². The number of phenolic OH excluding ortho intramolecular Hbond substituents is 1. The number of hydrogen-bond donors (Lipinski definition) is 3. The summed E-state index contributed by atoms with van der Waals surface area (Å²) in [7, 11) is 0. The number of aromatic nitrogens is 1. The second kappa shape index (κ2) is 6.25. The Kier molecular flexibility index (Phi) is 4.70. The zero-order valence-corrected chi connectivity index (χ0v) is 10.3. The zero-order valence-electron chi connectivity index (χ0n) is 10.3. The van der Waals surface area contributed by atoms with Gasteiger partial charge in [0.15, 0.2) is 0 Å². The fraction of sp³-hybridized carbons (Fsp3) is 0.0769. The summed E-state index contributed by atoms with van der Waals surface area (Å²) in [6.07, 6.45) is 1.81. The Bertz CT molecular complexity index is 564. The second-order valence-electron chi connectivity index (χ2n) is 3.75. The van der Waals surface area contributed by atoms with Crippen LogP contribution in [0.2, 0.25) is 0 Å². The Hall–Kier alpha value is -2.76. The summed E-state index contributed by atoms with van der Waals surface area (Å²) in [6.45, 7) is 1.96. The standard InChI is InChI=1S/C7H6O4.C6H8N2/c8-4-1-2-6(9)5(3-4)7(10)11;1-5-3-2-4-8-6(5)7/h1-3,8-9H,(H,10,11);2-4H,1H3,(H2,7,8). The number of aryl methyl sites for hydroxylation is 1. The van der Waals surface area contributed by atoms with Crippen molar-refractivity contribution in [3.8, 4) is 11.5 Å². The van der Waals surface area contributed by atoms with Crippen LogP contribution in [0.1, 0.15) is 15.9 Å². The van der Waals surface area contributed by atoms with Crippen LogP contribution in [0.15, 0.2) is 36.5 Å². The number of aromatic hydroxyl groups is 1. The van der Waals surface area contributed by atoms with Crippen LogP contribution in [-0.2, 0) is 0 Å². The number of phenols is 1. The molecule has 5 N–H and O–H groups in total. The highest BCUT2D eigenvalue weighted by molar-refractivity contribution is 5.90. The molecule has 2 aromatic rings. The van der Waals surface area contributed by atoms with Gasteiger partial charge in [-0.1, -0.05) is 11.8 Å². The first-order valence-corrected chi connectivity index (χ1v) is 5.38. The van der Waals surface area contributed by atoms with Gasteiger partial charge in [-0.2, -0.15) is 0 Å². The van der Waals surface area contributed by atoms with Crippen molar-refractivity contribution in [2.45, 2.75) is 6.92 Å². The molecule has 6 nitrogen and oxygen atoms in total. The quantitative estimate of drug-likeness (QED) is 0.693. The number of pyridine rings is 1. The molecule has 0 aliphatic rings. The first-order chi connectivity index (χ1) is 8.91. The van der Waals surface area contributed by atoms with Crippen molar-refractivity contribution in [3.05, 3.63) is 47.7 Å². The number of anilines is 1. The molecule has 0 unspecified atom stereocenters. The third-order valence-corrected chi connectivity index (χ3v) is 2.30. The van der Waals surface area contributed by atoms with Crippen LogP contribution < -0.4 is 15.8 Å². The summed E-state index contributed by atoms with van der Waals surface area (Å²) in [5, 5.41) is 27.9. The number of carbonyl (C=O) groups is 1. The number of H-pyrrole nitrogens is 1. The summed E-state index contributed by atoms with van der Waals surface area (Å²) in [4.78, 5) is 13.1. The minimum atomic E-state index is -1.33. The minimum absolute atomic E-state index is 0.220. The summed E-state index contributed by atoms with van der Waals surface area (Å²) in [5.74, 6) is -1.41. The second-order valence-corrected chi connectivity index (χ2v) is 3.75. The Morgan fingerprint density at radius 3 is 2.47 bits per heavy atom. The van der Waals surface area contributed by atoms with Gasteiger partial charge in [-0.25, -0.2) is 9.78 Å². The van der Waals surface area contributed by atoms with E-state index < -0.39 is 17.3 Å². The van der Waals surface area contributed by atoms with Gasteiger partial charge in [0, 0.05) is 5.56 Å². The molecule has 6 heteroatoms. The van der Waals surface area contributed by atoms with Crippen LogP contribution in [0, 0.1) is 6.92 Å². The first-order valence-electron chi connectivity index (χ1n) is 5.38. The predicted octanol–water partition coefficient (Wildman–Crippen LogP) is 0.555. The number of hydrogen-bond acceptors (Lipinski definition) is 4. The van der Waals surface area contributed by atoms with Crippen molar-refractivity contribution in [3.63, 3.8) is 0 Å². The lowest BCUT2D eigenvalue weighted by molar-refractivity contribution is -0.360. The molecule has 2 rings (SSSR count). The van der Waals surface area contributed by atoms with Crippen molar-refractivity contribution in [2.75, 3.05) is 5.73 Å². The summed E-state index contributed by atoms with van der Waals surface area (Å²) >= 11 is 0. The Morgan fingerprint density at radius 1 is 1.37 bits per heavy atom. The summed E-state index contributed by atoms with van der Waals surface area (Å²) < 4.78 is 0. The van der Waals surface area contributed by atoms with Gasteiger partial charge in [-0.05, 0) is 31.2 Å². The van der Waals surface area contributed by atoms with E-state index in [1.54, 1.807) is 0 Å². The van der Waals surface area contributed by atoms with Crippen LogP contribution in [-0.4, -0.2) is 16.2 Å². The number of carboxylic acid groups (broad SMARTS) is 1. The lowest BCUT2D eigenvalue weighted by Crippen LogP contribution is -2.09. The Morgan fingerprint density at radius 2 is 2.05 bits per heavy atom. The monoisotopic (exact) mass is 262 g/mol. The van der Waals surface area contributed by atoms with Crippen molar-refractivity contribution >= 4 is 11.8 Å². The molecule has 0 amide bonds. The molecule has 0 fully saturated rings. The van der Waals surface area contributed by atoms with Crippen LogP contribution >= 0.6 is 0 Å². The molecule has 1 aromatic carbocycles. The molecular formula is C13H14N2O4. The molecule has 19 heavy (non-hydrogen) atoms. The highest BCUT2D eigenvalue weighted by Crippen LogP contribution is 2.19. The zero-order chi connectivity index (χ0) is 14.4. The molecular weight excluding hydrogens is 248 g/mol. The maximum absolute atomic E-state index is 10.7. The number of benzene rings is 1. The molecule has 0 aliphatic heterocycles. The molecule has 0 atom stereocenters. The van der Waals surface area contributed by atoms with E-state index >= 15 is 0 Å². The summed E-state index contributed by atoms with van der Waals surface area (Å²) in [5.41, 5.74) is 6.14. The van der Waals surface area contributed by atoms with Crippen LogP contribution in [0.25, 0.3) is 0 Å². The number of aromatic carboxylic acids is 1. The van der Waals surface area contributed by atoms with Gasteiger partial charge in [0.1, 0.15) is 5.75 Å². The van der Waals surface area contributed by atoms with Crippen molar-refractivity contribution in [1.29, 1.82) is 0 Å². The normalized spacial score (nSPS) is 9.32. The van der Waals surface area contributed by atoms with Gasteiger partial charge in [0.05, 0.1) is 11.8 Å². The van der Waals surface area contributed by atoms with Crippen LogP contribution in [0.3, 0.4) is 0 Å². The average Bonchev–Trinajstić information content (AvgIpc) is 2.36. The van der Waals surface area contributed by atoms with Crippen LogP contribution in [0.4, 0.5) is 5.82 Å². The fourth-order valence-corrected chi connectivity index (χ4v) is 1.22. The first kappa shape index (κ1) is 14.3. The highest BCUT2D eigenvalue weighted by Gasteiger charge is 2.03. The third-order valence-electron chi connectivity index (χ3n) is 2.30. The summed E-state index contributed by atoms with van der Waals surface area (Å²) in [6, 6.07) is 6.97. The number of nitrogens with one attached hydrogen (secondary N) is 1. The lowest BCUT2D eigenvalue weighted by Gasteiger charge is -2.08. The third kappa shape index (κ3) is 4.19. The fourth-order valence-electron chi connectivity index (χ4n) is 1.22. The predicted molar refractivity (Wildman–Crippen MR) is 66.7 cm³/mol. The lowest BCUT2D eigenvalue weighted by atomic mass is 10.2. The topological polar surface area (TPSA) is 121 Å². The minimum Gasteiger partial charge on any atom is -0.872 e. The van der Waals surface area contributed by atoms with Gasteiger partial charge < -0.3 is 15.3 Å². The van der Waals surface area contributed by atoms with E-state index in [2.05, 4.69) is 4.98 Å². The van der Waals surface area contributed by atoms with Crippen molar-refractivity contribution < 1.29 is 25.1 Å². The van der Waals surface area contributed by atoms with E-state index in [1.165, 1.54) is 0 Å². The molecule has 0 saturated heterocycles. The highest BCUT2D eigenvalue weighted by atomic mass is 16.4. The molecule has 0 saturated carbocycles. The number of nitrogen functional groups attached to an aromatic ring is 1. The van der Waals surface area contributed by atoms with E-state index in [-0.39, 0.29) is 5.75 Å². The molecule has 100 valence electrons. The van der Waals surface area contributed by atoms with E-state index in [1.807, 2.05) is 25.3 Å². The number of aromatic amines is 1. The SMILES string of the molecule is Cc1ccc[nH+]c1N.O=C(O)c1cc(O)ccc1[O-]. The Balaban J connectivity index is 0.000000200. The molecule has 0 spiro atoms. The smallest absolute Gasteiger partial charge is 0.335 e. The molecule has 0 bridgehead atoms. The van der Waals surface area contributed by atoms with Crippen molar-refractivity contribution in [2.24, 2.45) is 0 Å². The average molecular weight is 262 g/mol. The number of rotatable bonds is 1. The van der Waals surface area contributed by atoms with E-state index in [0.29, 0.717) is 0 Å². The Labute approximate surface area is 109 Å². The maximum atomic E-state index is 10.7. The molecule has 0 aliphatic carbocycles. The van der Waals surface area contributed by atoms with E-state index in [4.69, 9.17) is 15.9 Å². The molecule has 0 radical (unpaired) electrons. The maximum Gasteiger partial charge on any atom is 0.335 e.